The Bertz CT molecular complexity index is 371. The molecule has 5 heteroatoms. The van der Waals surface area contributed by atoms with E-state index in [0.29, 0.717) is 12.5 Å². The molecule has 0 atom stereocenters. The molecule has 0 saturated carbocycles. The van der Waals surface area contributed by atoms with Crippen LogP contribution >= 0.6 is 0 Å². The number of aromatic hydroxyl groups is 1. The van der Waals surface area contributed by atoms with Crippen LogP contribution in [0.2, 0.25) is 0 Å². The molecule has 1 fully saturated rings. The lowest BCUT2D eigenvalue weighted by Crippen LogP contribution is -2.50. The van der Waals surface area contributed by atoms with Crippen LogP contribution in [0.3, 0.4) is 0 Å². The smallest absolute Gasteiger partial charge is 0.191 e. The van der Waals surface area contributed by atoms with Crippen LogP contribution in [0.15, 0.2) is 24.3 Å². The van der Waals surface area contributed by atoms with E-state index in [1.807, 2.05) is 17.0 Å². The van der Waals surface area contributed by atoms with Crippen molar-refractivity contribution >= 4 is 5.96 Å². The van der Waals surface area contributed by atoms with Gasteiger partial charge in [0.05, 0.1) is 0 Å². The Morgan fingerprint density at radius 3 is 2.59 bits per heavy atom. The van der Waals surface area contributed by atoms with E-state index in [9.17, 15) is 0 Å². The van der Waals surface area contributed by atoms with Crippen molar-refractivity contribution in [3.05, 3.63) is 29.8 Å². The van der Waals surface area contributed by atoms with E-state index in [4.69, 9.17) is 10.5 Å². The lowest BCUT2D eigenvalue weighted by Gasteiger charge is -2.29. The van der Waals surface area contributed by atoms with E-state index in [0.717, 1.165) is 31.7 Å². The Morgan fingerprint density at radius 2 is 1.94 bits per heavy atom. The second kappa shape index (κ2) is 5.54. The SMILES string of the molecule is N=C(NCc1ccc(O)cc1)N1CCNCC1. The molecule has 0 amide bonds. The third kappa shape index (κ3) is 3.35. The number of rotatable bonds is 2. The molecule has 1 aromatic rings. The molecular weight excluding hydrogens is 216 g/mol. The first kappa shape index (κ1) is 11.7. The standard InChI is InChI=1S/C12H18N4O/c13-12(16-7-5-14-6-8-16)15-9-10-1-3-11(17)4-2-10/h1-4,14,17H,5-9H2,(H2,13,15). The molecule has 4 N–H and O–H groups in total. The van der Waals surface area contributed by atoms with Crippen molar-refractivity contribution in [3.8, 4) is 5.75 Å². The molecule has 17 heavy (non-hydrogen) atoms. The van der Waals surface area contributed by atoms with Crippen LogP contribution in [0.25, 0.3) is 0 Å². The first-order valence-electron chi connectivity index (χ1n) is 5.82. The maximum absolute atomic E-state index is 9.16. The van der Waals surface area contributed by atoms with Crippen molar-refractivity contribution in [2.75, 3.05) is 26.2 Å². The Kier molecular flexibility index (Phi) is 3.82. The summed E-state index contributed by atoms with van der Waals surface area (Å²) in [4.78, 5) is 2.02. The van der Waals surface area contributed by atoms with Gasteiger partial charge < -0.3 is 20.6 Å². The molecule has 1 heterocycles. The highest BCUT2D eigenvalue weighted by Gasteiger charge is 2.12. The monoisotopic (exact) mass is 234 g/mol. The maximum atomic E-state index is 9.16. The van der Waals surface area contributed by atoms with Gasteiger partial charge in [0.2, 0.25) is 0 Å². The first-order chi connectivity index (χ1) is 8.25. The van der Waals surface area contributed by atoms with Gasteiger partial charge in [-0.3, -0.25) is 5.41 Å². The number of nitrogens with one attached hydrogen (secondary N) is 3. The zero-order chi connectivity index (χ0) is 12.1. The predicted molar refractivity (Wildman–Crippen MR) is 67.1 cm³/mol. The van der Waals surface area contributed by atoms with Crippen LogP contribution < -0.4 is 10.6 Å². The molecule has 0 aromatic heterocycles. The van der Waals surface area contributed by atoms with E-state index in [1.54, 1.807) is 12.1 Å². The molecule has 0 unspecified atom stereocenters. The number of benzene rings is 1. The number of hydrogen-bond acceptors (Lipinski definition) is 3. The zero-order valence-corrected chi connectivity index (χ0v) is 9.74. The summed E-state index contributed by atoms with van der Waals surface area (Å²) in [5, 5.41) is 23.4. The lowest BCUT2D eigenvalue weighted by atomic mass is 10.2. The average molecular weight is 234 g/mol. The van der Waals surface area contributed by atoms with Gasteiger partial charge in [-0.1, -0.05) is 12.1 Å². The van der Waals surface area contributed by atoms with Crippen molar-refractivity contribution in [1.29, 1.82) is 5.41 Å². The van der Waals surface area contributed by atoms with Gasteiger partial charge in [0, 0.05) is 32.7 Å². The van der Waals surface area contributed by atoms with E-state index in [1.165, 1.54) is 0 Å². The fourth-order valence-electron chi connectivity index (χ4n) is 1.80. The quantitative estimate of drug-likeness (QED) is 0.439. The molecule has 0 aliphatic carbocycles. The molecule has 1 aromatic carbocycles. The van der Waals surface area contributed by atoms with Gasteiger partial charge >= 0.3 is 0 Å². The summed E-state index contributed by atoms with van der Waals surface area (Å²) in [6, 6.07) is 7.03. The van der Waals surface area contributed by atoms with Crippen molar-refractivity contribution in [1.82, 2.24) is 15.5 Å². The lowest BCUT2D eigenvalue weighted by molar-refractivity contribution is 0.344. The van der Waals surface area contributed by atoms with Crippen LogP contribution in [0, 0.1) is 5.41 Å². The van der Waals surface area contributed by atoms with E-state index in [-0.39, 0.29) is 5.75 Å². The summed E-state index contributed by atoms with van der Waals surface area (Å²) in [7, 11) is 0. The summed E-state index contributed by atoms with van der Waals surface area (Å²) >= 11 is 0. The molecular formula is C12H18N4O. The third-order valence-corrected chi connectivity index (χ3v) is 2.83. The Morgan fingerprint density at radius 1 is 1.29 bits per heavy atom. The van der Waals surface area contributed by atoms with Crippen LogP contribution in [-0.4, -0.2) is 42.1 Å². The van der Waals surface area contributed by atoms with Crippen LogP contribution in [-0.2, 0) is 6.54 Å². The van der Waals surface area contributed by atoms with Crippen LogP contribution in [0.1, 0.15) is 5.56 Å². The molecule has 2 rings (SSSR count). The van der Waals surface area contributed by atoms with Gasteiger partial charge in [0.25, 0.3) is 0 Å². The number of hydrogen-bond donors (Lipinski definition) is 4. The summed E-state index contributed by atoms with van der Waals surface area (Å²) in [6.07, 6.45) is 0. The van der Waals surface area contributed by atoms with E-state index < -0.39 is 0 Å². The molecule has 0 bridgehead atoms. The molecule has 1 aliphatic rings. The van der Waals surface area contributed by atoms with E-state index in [2.05, 4.69) is 10.6 Å². The highest BCUT2D eigenvalue weighted by atomic mass is 16.3. The normalized spacial score (nSPS) is 15.6. The first-order valence-corrected chi connectivity index (χ1v) is 5.82. The zero-order valence-electron chi connectivity index (χ0n) is 9.74. The largest absolute Gasteiger partial charge is 0.508 e. The molecule has 1 saturated heterocycles. The minimum Gasteiger partial charge on any atom is -0.508 e. The van der Waals surface area contributed by atoms with Crippen LogP contribution in [0.5, 0.6) is 5.75 Å². The summed E-state index contributed by atoms with van der Waals surface area (Å²) in [5.41, 5.74) is 1.06. The minimum atomic E-state index is 0.269. The van der Waals surface area contributed by atoms with Crippen molar-refractivity contribution in [2.24, 2.45) is 0 Å². The summed E-state index contributed by atoms with van der Waals surface area (Å²) in [5.74, 6) is 0.741. The summed E-state index contributed by atoms with van der Waals surface area (Å²) in [6.45, 7) is 4.23. The molecule has 0 radical (unpaired) electrons. The maximum Gasteiger partial charge on any atom is 0.191 e. The minimum absolute atomic E-state index is 0.269. The number of guanidine groups is 1. The number of piperazine rings is 1. The van der Waals surface area contributed by atoms with Gasteiger partial charge in [-0.2, -0.15) is 0 Å². The molecule has 5 nitrogen and oxygen atoms in total. The fourth-order valence-corrected chi connectivity index (χ4v) is 1.80. The van der Waals surface area contributed by atoms with Crippen molar-refractivity contribution in [3.63, 3.8) is 0 Å². The molecule has 92 valence electrons. The Labute approximate surface area is 101 Å². The van der Waals surface area contributed by atoms with Crippen LogP contribution in [0.4, 0.5) is 0 Å². The van der Waals surface area contributed by atoms with Crippen molar-refractivity contribution in [2.45, 2.75) is 6.54 Å². The average Bonchev–Trinajstić information content (AvgIpc) is 2.39. The van der Waals surface area contributed by atoms with Gasteiger partial charge in [-0.25, -0.2) is 0 Å². The Balaban J connectivity index is 1.81. The second-order valence-corrected chi connectivity index (χ2v) is 4.11. The van der Waals surface area contributed by atoms with Gasteiger partial charge in [-0.05, 0) is 17.7 Å². The van der Waals surface area contributed by atoms with Crippen molar-refractivity contribution < 1.29 is 5.11 Å². The second-order valence-electron chi connectivity index (χ2n) is 4.11. The van der Waals surface area contributed by atoms with Gasteiger partial charge in [0.15, 0.2) is 5.96 Å². The molecule has 1 aliphatic heterocycles. The van der Waals surface area contributed by atoms with Gasteiger partial charge in [0.1, 0.15) is 5.75 Å². The van der Waals surface area contributed by atoms with Gasteiger partial charge in [-0.15, -0.1) is 0 Å². The number of phenolic OH excluding ortho intramolecular Hbond substituents is 1. The highest BCUT2D eigenvalue weighted by molar-refractivity contribution is 5.76. The number of phenols is 1. The Hall–Kier alpha value is -1.75. The fraction of sp³-hybridized carbons (Fsp3) is 0.417. The predicted octanol–water partition coefficient (Wildman–Crippen LogP) is 0.322. The molecule has 0 spiro atoms. The topological polar surface area (TPSA) is 71.4 Å². The number of nitrogens with zero attached hydrogens (tertiary/aromatic N) is 1. The summed E-state index contributed by atoms with van der Waals surface area (Å²) < 4.78 is 0. The highest BCUT2D eigenvalue weighted by Crippen LogP contribution is 2.09. The third-order valence-electron chi connectivity index (χ3n) is 2.83. The van der Waals surface area contributed by atoms with E-state index >= 15 is 0 Å².